The van der Waals surface area contributed by atoms with E-state index < -0.39 is 20.7 Å². The molecule has 1 amide bonds. The van der Waals surface area contributed by atoms with Crippen molar-refractivity contribution >= 4 is 33.0 Å². The number of aliphatic hydroxyl groups is 1. The van der Waals surface area contributed by atoms with Crippen molar-refractivity contribution in [1.29, 1.82) is 0 Å². The summed E-state index contributed by atoms with van der Waals surface area (Å²) >= 11 is 5.85. The van der Waals surface area contributed by atoms with Crippen LogP contribution in [0.1, 0.15) is 73.1 Å². The first-order chi connectivity index (χ1) is 17.0. The molecule has 1 saturated carbocycles. The molecule has 2 aromatic rings. The van der Waals surface area contributed by atoms with Gasteiger partial charge in [0.2, 0.25) is 0 Å². The van der Waals surface area contributed by atoms with Gasteiger partial charge in [0.15, 0.2) is 0 Å². The average Bonchev–Trinajstić information content (AvgIpc) is 3.27. The number of nitrogens with one attached hydrogen (secondary N) is 2. The van der Waals surface area contributed by atoms with Crippen LogP contribution < -0.4 is 10.1 Å². The number of anilines is 1. The van der Waals surface area contributed by atoms with Gasteiger partial charge in [-0.1, -0.05) is 13.8 Å². The van der Waals surface area contributed by atoms with E-state index in [9.17, 15) is 18.3 Å². The van der Waals surface area contributed by atoms with Crippen LogP contribution in [0, 0.1) is 5.92 Å². The van der Waals surface area contributed by atoms with Crippen LogP contribution in [0.25, 0.3) is 0 Å². The second-order valence-corrected chi connectivity index (χ2v) is 13.1. The third-order valence-corrected chi connectivity index (χ3v) is 8.93. The number of nitrogens with zero attached hydrogens (tertiary/aromatic N) is 1. The number of methoxy groups -OCH3 is 1. The lowest BCUT2D eigenvalue weighted by atomic mass is 9.79. The molecular formula is C26H38ClN3O5S. The van der Waals surface area contributed by atoms with Crippen molar-refractivity contribution in [3.05, 3.63) is 40.7 Å². The SMILES string of the molecule is COc1cc(CC2(O)CCC(S(C)(=O)=O)CC2)c(CCC(C)C)cc1NC(=O)c1[nH]ncc1CCCl. The van der Waals surface area contributed by atoms with Gasteiger partial charge in [0, 0.05) is 24.1 Å². The standard InChI is InChI=1S/C26H38ClN3O5S/c1-17(2)5-6-18-13-22(29-25(31)24-19(9-12-27)16-28-30-24)23(35-3)14-20(18)15-26(32)10-7-21(8-11-26)36(4,33)34/h13-14,16-17,21,32H,5-12,15H2,1-4H3,(H,28,30)(H,29,31). The molecule has 200 valence electrons. The quantitative estimate of drug-likeness (QED) is 0.366. The first-order valence-corrected chi connectivity index (χ1v) is 14.9. The van der Waals surface area contributed by atoms with Gasteiger partial charge in [-0.05, 0) is 74.1 Å². The lowest BCUT2D eigenvalue weighted by Gasteiger charge is -2.36. The highest BCUT2D eigenvalue weighted by molar-refractivity contribution is 7.91. The number of aromatic nitrogens is 2. The van der Waals surface area contributed by atoms with Crippen LogP contribution in [0.3, 0.4) is 0 Å². The normalized spacial score (nSPS) is 20.5. The number of carbonyl (C=O) groups is 1. The van der Waals surface area contributed by atoms with Gasteiger partial charge in [0.25, 0.3) is 5.91 Å². The van der Waals surface area contributed by atoms with E-state index in [4.69, 9.17) is 16.3 Å². The highest BCUT2D eigenvalue weighted by Crippen LogP contribution is 2.38. The molecule has 1 heterocycles. The van der Waals surface area contributed by atoms with E-state index >= 15 is 0 Å². The third kappa shape index (κ3) is 7.23. The zero-order chi connectivity index (χ0) is 26.5. The van der Waals surface area contributed by atoms with Crippen molar-refractivity contribution in [3.63, 3.8) is 0 Å². The third-order valence-electron chi connectivity index (χ3n) is 7.06. The van der Waals surface area contributed by atoms with Gasteiger partial charge in [-0.25, -0.2) is 8.42 Å². The second kappa shape index (κ2) is 12.0. The van der Waals surface area contributed by atoms with Crippen molar-refractivity contribution in [3.8, 4) is 5.75 Å². The van der Waals surface area contributed by atoms with Crippen LogP contribution in [-0.4, -0.2) is 59.7 Å². The number of aryl methyl sites for hydroxylation is 2. The number of benzene rings is 1. The summed E-state index contributed by atoms with van der Waals surface area (Å²) in [6.45, 7) is 4.31. The minimum absolute atomic E-state index is 0.328. The summed E-state index contributed by atoms with van der Waals surface area (Å²) in [5, 5.41) is 20.6. The van der Waals surface area contributed by atoms with Crippen molar-refractivity contribution in [1.82, 2.24) is 10.2 Å². The fourth-order valence-electron chi connectivity index (χ4n) is 4.85. The molecule has 0 unspecified atom stereocenters. The van der Waals surface area contributed by atoms with E-state index in [2.05, 4.69) is 29.4 Å². The monoisotopic (exact) mass is 539 g/mol. The molecule has 8 nitrogen and oxygen atoms in total. The summed E-state index contributed by atoms with van der Waals surface area (Å²) < 4.78 is 29.6. The fourth-order valence-corrected chi connectivity index (χ4v) is 6.14. The number of ether oxygens (including phenoxy) is 1. The first kappa shape index (κ1) is 28.5. The van der Waals surface area contributed by atoms with Gasteiger partial charge in [-0.15, -0.1) is 11.6 Å². The molecule has 0 saturated heterocycles. The number of hydrogen-bond donors (Lipinski definition) is 3. The van der Waals surface area contributed by atoms with Gasteiger partial charge < -0.3 is 15.2 Å². The Morgan fingerprint density at radius 3 is 2.53 bits per heavy atom. The van der Waals surface area contributed by atoms with Gasteiger partial charge in [-0.2, -0.15) is 5.10 Å². The number of alkyl halides is 1. The molecule has 0 radical (unpaired) electrons. The molecular weight excluding hydrogens is 502 g/mol. The summed E-state index contributed by atoms with van der Waals surface area (Å²) in [5.74, 6) is 1.03. The Kier molecular flexibility index (Phi) is 9.46. The Morgan fingerprint density at radius 1 is 1.25 bits per heavy atom. The molecule has 1 aliphatic rings. The molecule has 3 N–H and O–H groups in total. The van der Waals surface area contributed by atoms with Crippen LogP contribution >= 0.6 is 11.6 Å². The fraction of sp³-hybridized carbons (Fsp3) is 0.615. The summed E-state index contributed by atoms with van der Waals surface area (Å²) in [6, 6.07) is 3.82. The second-order valence-electron chi connectivity index (χ2n) is 10.3. The van der Waals surface area contributed by atoms with Crippen molar-refractivity contribution in [2.75, 3.05) is 24.6 Å². The summed E-state index contributed by atoms with van der Waals surface area (Å²) in [6.07, 6.45) is 7.29. The molecule has 0 spiro atoms. The molecule has 1 aromatic carbocycles. The van der Waals surface area contributed by atoms with E-state index in [-0.39, 0.29) is 5.91 Å². The largest absolute Gasteiger partial charge is 0.495 e. The van der Waals surface area contributed by atoms with Gasteiger partial charge in [0.05, 0.1) is 29.8 Å². The molecule has 0 bridgehead atoms. The predicted molar refractivity (Wildman–Crippen MR) is 143 cm³/mol. The summed E-state index contributed by atoms with van der Waals surface area (Å²) in [4.78, 5) is 13.0. The predicted octanol–water partition coefficient (Wildman–Crippen LogP) is 4.30. The lowest BCUT2D eigenvalue weighted by Crippen LogP contribution is -2.40. The zero-order valence-corrected chi connectivity index (χ0v) is 23.1. The van der Waals surface area contributed by atoms with Crippen LogP contribution in [-0.2, 0) is 29.1 Å². The highest BCUT2D eigenvalue weighted by Gasteiger charge is 2.37. The van der Waals surface area contributed by atoms with E-state index in [0.29, 0.717) is 67.5 Å². The van der Waals surface area contributed by atoms with Crippen molar-refractivity contribution < 1.29 is 23.1 Å². The molecule has 0 aliphatic heterocycles. The van der Waals surface area contributed by atoms with Gasteiger partial charge >= 0.3 is 0 Å². The molecule has 0 atom stereocenters. The maximum atomic E-state index is 13.0. The Balaban J connectivity index is 1.88. The molecule has 1 aromatic heterocycles. The molecule has 1 aliphatic carbocycles. The number of carbonyl (C=O) groups excluding carboxylic acids is 1. The molecule has 3 rings (SSSR count). The van der Waals surface area contributed by atoms with Crippen molar-refractivity contribution in [2.45, 2.75) is 76.1 Å². The maximum Gasteiger partial charge on any atom is 0.274 e. The van der Waals surface area contributed by atoms with Crippen molar-refractivity contribution in [2.24, 2.45) is 5.92 Å². The van der Waals surface area contributed by atoms with Gasteiger partial charge in [0.1, 0.15) is 21.3 Å². The van der Waals surface area contributed by atoms with Crippen LogP contribution in [0.2, 0.25) is 0 Å². The Morgan fingerprint density at radius 2 is 1.94 bits per heavy atom. The molecule has 10 heteroatoms. The number of H-pyrrole nitrogens is 1. The topological polar surface area (TPSA) is 121 Å². The number of amides is 1. The van der Waals surface area contributed by atoms with E-state index in [1.165, 1.54) is 6.26 Å². The van der Waals surface area contributed by atoms with Crippen LogP contribution in [0.4, 0.5) is 5.69 Å². The van der Waals surface area contributed by atoms with E-state index in [0.717, 1.165) is 29.5 Å². The van der Waals surface area contributed by atoms with E-state index in [1.807, 2.05) is 12.1 Å². The Hall–Kier alpha value is -2.10. The molecule has 36 heavy (non-hydrogen) atoms. The number of sulfone groups is 1. The summed E-state index contributed by atoms with van der Waals surface area (Å²) in [5.41, 5.74) is 2.66. The zero-order valence-electron chi connectivity index (χ0n) is 21.6. The Bertz CT molecular complexity index is 1150. The number of hydrogen-bond acceptors (Lipinski definition) is 6. The van der Waals surface area contributed by atoms with Crippen LogP contribution in [0.5, 0.6) is 5.75 Å². The lowest BCUT2D eigenvalue weighted by molar-refractivity contribution is 0.00519. The van der Waals surface area contributed by atoms with Crippen LogP contribution in [0.15, 0.2) is 18.3 Å². The number of halogens is 1. The highest BCUT2D eigenvalue weighted by atomic mass is 35.5. The first-order valence-electron chi connectivity index (χ1n) is 12.5. The number of aromatic amines is 1. The number of rotatable bonds is 11. The maximum absolute atomic E-state index is 13.0. The average molecular weight is 540 g/mol. The Labute approximate surface area is 219 Å². The van der Waals surface area contributed by atoms with Gasteiger partial charge in [-0.3, -0.25) is 9.89 Å². The molecule has 1 fully saturated rings. The van der Waals surface area contributed by atoms with E-state index in [1.54, 1.807) is 13.3 Å². The smallest absolute Gasteiger partial charge is 0.274 e. The summed E-state index contributed by atoms with van der Waals surface area (Å²) in [7, 11) is -1.57. The minimum Gasteiger partial charge on any atom is -0.495 e. The minimum atomic E-state index is -3.11.